The Bertz CT molecular complexity index is 510. The van der Waals surface area contributed by atoms with E-state index in [1.54, 1.807) is 7.11 Å². The van der Waals surface area contributed by atoms with Crippen LogP contribution in [-0.2, 0) is 4.74 Å². The fraction of sp³-hybridized carbons (Fsp3) is 0.533. The molecule has 1 aliphatic rings. The van der Waals surface area contributed by atoms with Gasteiger partial charge in [-0.2, -0.15) is 0 Å². The van der Waals surface area contributed by atoms with Crippen LogP contribution in [0.25, 0.3) is 0 Å². The second kappa shape index (κ2) is 4.85. The zero-order valence-electron chi connectivity index (χ0n) is 12.1. The number of hydrogen-bond acceptors (Lipinski definition) is 4. The first-order valence-corrected chi connectivity index (χ1v) is 6.48. The number of nitrogens with zero attached hydrogens (tertiary/aromatic N) is 1. The molecule has 1 N–H and O–H groups in total. The number of aliphatic imine (C=N–C) groups is 1. The maximum atomic E-state index is 10.1. The molecule has 0 amide bonds. The van der Waals surface area contributed by atoms with E-state index >= 15 is 0 Å². The number of aliphatic hydroxyl groups is 1. The summed E-state index contributed by atoms with van der Waals surface area (Å²) in [7, 11) is 1.64. The molecule has 0 aliphatic carbocycles. The van der Waals surface area contributed by atoms with Gasteiger partial charge in [0, 0.05) is 11.1 Å². The Morgan fingerprint density at radius 3 is 2.63 bits per heavy atom. The summed E-state index contributed by atoms with van der Waals surface area (Å²) in [5.74, 6) is 1.46. The lowest BCUT2D eigenvalue weighted by Gasteiger charge is -2.26. The normalized spacial score (nSPS) is 26.3. The minimum absolute atomic E-state index is 0.186. The number of benzene rings is 1. The highest BCUT2D eigenvalue weighted by Gasteiger charge is 2.44. The second-order valence-corrected chi connectivity index (χ2v) is 5.40. The van der Waals surface area contributed by atoms with Crippen LogP contribution in [0.15, 0.2) is 23.2 Å². The summed E-state index contributed by atoms with van der Waals surface area (Å²) < 4.78 is 10.9. The molecule has 19 heavy (non-hydrogen) atoms. The smallest absolute Gasteiger partial charge is 0.224 e. The van der Waals surface area contributed by atoms with Crippen LogP contribution in [0.5, 0.6) is 5.75 Å². The minimum atomic E-state index is -0.909. The van der Waals surface area contributed by atoms with Gasteiger partial charge in [0.05, 0.1) is 7.11 Å². The zero-order valence-corrected chi connectivity index (χ0v) is 12.1. The molecular weight excluding hydrogens is 242 g/mol. The van der Waals surface area contributed by atoms with E-state index in [1.807, 2.05) is 45.9 Å². The van der Waals surface area contributed by atoms with Crippen molar-refractivity contribution in [3.63, 3.8) is 0 Å². The van der Waals surface area contributed by atoms with Crippen LogP contribution in [0.4, 0.5) is 0 Å². The maximum absolute atomic E-state index is 10.1. The van der Waals surface area contributed by atoms with Crippen molar-refractivity contribution in [3.05, 3.63) is 29.3 Å². The molecule has 0 radical (unpaired) electrons. The van der Waals surface area contributed by atoms with Crippen molar-refractivity contribution in [3.8, 4) is 5.75 Å². The van der Waals surface area contributed by atoms with E-state index in [9.17, 15) is 5.11 Å². The van der Waals surface area contributed by atoms with Gasteiger partial charge in [0.25, 0.3) is 0 Å². The van der Waals surface area contributed by atoms with E-state index < -0.39 is 11.8 Å². The van der Waals surface area contributed by atoms with Crippen molar-refractivity contribution in [2.45, 2.75) is 39.5 Å². The third-order valence-electron chi connectivity index (χ3n) is 3.97. The van der Waals surface area contributed by atoms with E-state index in [4.69, 9.17) is 9.47 Å². The summed E-state index contributed by atoms with van der Waals surface area (Å²) >= 11 is 0. The van der Waals surface area contributed by atoms with Gasteiger partial charge in [0.15, 0.2) is 0 Å². The zero-order chi connectivity index (χ0) is 14.2. The molecule has 2 unspecified atom stereocenters. The monoisotopic (exact) mass is 263 g/mol. The average Bonchev–Trinajstić information content (AvgIpc) is 2.67. The van der Waals surface area contributed by atoms with E-state index in [-0.39, 0.29) is 5.92 Å². The fourth-order valence-corrected chi connectivity index (χ4v) is 2.13. The fourth-order valence-electron chi connectivity index (χ4n) is 2.13. The topological polar surface area (TPSA) is 51.0 Å². The van der Waals surface area contributed by atoms with Crippen LogP contribution in [0.3, 0.4) is 0 Å². The SMILES string of the molecule is COc1cccc(C2=NC(C)(C(C)C)C(O)O2)c1C. The largest absolute Gasteiger partial charge is 0.496 e. The van der Waals surface area contributed by atoms with Crippen molar-refractivity contribution in [1.82, 2.24) is 0 Å². The number of ether oxygens (including phenoxy) is 2. The molecule has 0 spiro atoms. The Morgan fingerprint density at radius 2 is 2.11 bits per heavy atom. The van der Waals surface area contributed by atoms with Gasteiger partial charge in [0.2, 0.25) is 12.2 Å². The van der Waals surface area contributed by atoms with Crippen LogP contribution in [-0.4, -0.2) is 29.9 Å². The van der Waals surface area contributed by atoms with Crippen molar-refractivity contribution in [2.24, 2.45) is 10.9 Å². The first-order chi connectivity index (χ1) is 8.90. The molecule has 0 fully saturated rings. The minimum Gasteiger partial charge on any atom is -0.496 e. The van der Waals surface area contributed by atoms with E-state index in [0.29, 0.717) is 5.90 Å². The molecule has 1 aliphatic heterocycles. The van der Waals surface area contributed by atoms with Gasteiger partial charge < -0.3 is 14.6 Å². The first-order valence-electron chi connectivity index (χ1n) is 6.48. The Balaban J connectivity index is 2.45. The Hall–Kier alpha value is -1.55. The summed E-state index contributed by atoms with van der Waals surface area (Å²) in [5, 5.41) is 10.1. The lowest BCUT2D eigenvalue weighted by atomic mass is 9.89. The summed E-state index contributed by atoms with van der Waals surface area (Å²) in [6, 6.07) is 5.71. The number of rotatable bonds is 3. The predicted molar refractivity (Wildman–Crippen MR) is 74.6 cm³/mol. The van der Waals surface area contributed by atoms with Gasteiger partial charge in [-0.05, 0) is 31.9 Å². The summed E-state index contributed by atoms with van der Waals surface area (Å²) in [6.07, 6.45) is -0.909. The van der Waals surface area contributed by atoms with Gasteiger partial charge >= 0.3 is 0 Å². The molecule has 2 rings (SSSR count). The van der Waals surface area contributed by atoms with Crippen LogP contribution in [0.1, 0.15) is 31.9 Å². The quantitative estimate of drug-likeness (QED) is 0.911. The van der Waals surface area contributed by atoms with Gasteiger partial charge in [-0.1, -0.05) is 19.9 Å². The van der Waals surface area contributed by atoms with Gasteiger partial charge in [-0.25, -0.2) is 4.99 Å². The average molecular weight is 263 g/mol. The molecular formula is C15H21NO3. The van der Waals surface area contributed by atoms with E-state index in [2.05, 4.69) is 4.99 Å². The second-order valence-electron chi connectivity index (χ2n) is 5.40. The van der Waals surface area contributed by atoms with Crippen molar-refractivity contribution >= 4 is 5.90 Å². The molecule has 0 saturated heterocycles. The highest BCUT2D eigenvalue weighted by atomic mass is 16.6. The van der Waals surface area contributed by atoms with Gasteiger partial charge in [0.1, 0.15) is 11.3 Å². The highest BCUT2D eigenvalue weighted by molar-refractivity contribution is 5.97. The molecule has 104 valence electrons. The molecule has 0 aromatic heterocycles. The summed E-state index contributed by atoms with van der Waals surface area (Å²) in [4.78, 5) is 4.60. The Morgan fingerprint density at radius 1 is 1.42 bits per heavy atom. The molecule has 4 nitrogen and oxygen atoms in total. The number of aliphatic hydroxyl groups excluding tert-OH is 1. The third kappa shape index (κ3) is 2.21. The number of hydrogen-bond donors (Lipinski definition) is 1. The first kappa shape index (κ1) is 13.9. The molecule has 4 heteroatoms. The molecule has 0 saturated carbocycles. The lowest BCUT2D eigenvalue weighted by molar-refractivity contribution is -0.0700. The summed E-state index contributed by atoms with van der Waals surface area (Å²) in [5.41, 5.74) is 1.22. The highest BCUT2D eigenvalue weighted by Crippen LogP contribution is 2.34. The lowest BCUT2D eigenvalue weighted by Crippen LogP contribution is -2.39. The van der Waals surface area contributed by atoms with Crippen LogP contribution in [0, 0.1) is 12.8 Å². The third-order valence-corrected chi connectivity index (χ3v) is 3.97. The van der Waals surface area contributed by atoms with Crippen LogP contribution >= 0.6 is 0 Å². The van der Waals surface area contributed by atoms with E-state index in [1.165, 1.54) is 0 Å². The molecule has 1 aromatic rings. The predicted octanol–water partition coefficient (Wildman–Crippen LogP) is 2.51. The van der Waals surface area contributed by atoms with Crippen molar-refractivity contribution in [1.29, 1.82) is 0 Å². The van der Waals surface area contributed by atoms with Crippen LogP contribution in [0.2, 0.25) is 0 Å². The van der Waals surface area contributed by atoms with Gasteiger partial charge in [-0.15, -0.1) is 0 Å². The molecule has 0 bridgehead atoms. The Labute approximate surface area is 114 Å². The maximum Gasteiger partial charge on any atom is 0.224 e. The molecule has 1 aromatic carbocycles. The summed E-state index contributed by atoms with van der Waals surface area (Å²) in [6.45, 7) is 7.91. The Kier molecular flexibility index (Phi) is 3.54. The van der Waals surface area contributed by atoms with Crippen LogP contribution < -0.4 is 4.74 Å². The van der Waals surface area contributed by atoms with Crippen molar-refractivity contribution in [2.75, 3.05) is 7.11 Å². The standard InChI is InChI=1S/C15H21NO3/c1-9(2)15(4)14(17)19-13(16-15)11-7-6-8-12(18-5)10(11)3/h6-9,14,17H,1-5H3. The molecule has 1 heterocycles. The van der Waals surface area contributed by atoms with Crippen molar-refractivity contribution < 1.29 is 14.6 Å². The van der Waals surface area contributed by atoms with Gasteiger partial charge in [-0.3, -0.25) is 0 Å². The molecule has 2 atom stereocenters. The number of methoxy groups -OCH3 is 1. The van der Waals surface area contributed by atoms with E-state index in [0.717, 1.165) is 16.9 Å².